The number of fused-ring (bicyclic) bond motifs is 2. The second-order valence-corrected chi connectivity index (χ2v) is 9.77. The van der Waals surface area contributed by atoms with Gasteiger partial charge in [0, 0.05) is 38.7 Å². The molecule has 0 spiro atoms. The lowest BCUT2D eigenvalue weighted by atomic mass is 9.93. The molecule has 0 radical (unpaired) electrons. The van der Waals surface area contributed by atoms with Gasteiger partial charge < -0.3 is 33.5 Å². The molecular formula is C28H36N2O6. The molecule has 1 fully saturated rings. The second-order valence-electron chi connectivity index (χ2n) is 9.77. The van der Waals surface area contributed by atoms with Crippen molar-refractivity contribution < 1.29 is 28.5 Å². The van der Waals surface area contributed by atoms with E-state index in [1.807, 2.05) is 35.2 Å². The second kappa shape index (κ2) is 11.3. The van der Waals surface area contributed by atoms with Crippen LogP contribution in [0.25, 0.3) is 0 Å². The van der Waals surface area contributed by atoms with Gasteiger partial charge in [-0.1, -0.05) is 0 Å². The van der Waals surface area contributed by atoms with Crippen LogP contribution in [0.15, 0.2) is 30.3 Å². The lowest BCUT2D eigenvalue weighted by Gasteiger charge is -2.35. The highest BCUT2D eigenvalue weighted by Crippen LogP contribution is 2.35. The third-order valence-electron chi connectivity index (χ3n) is 7.37. The minimum Gasteiger partial charge on any atom is -0.493 e. The van der Waals surface area contributed by atoms with Crippen LogP contribution in [0.5, 0.6) is 28.7 Å². The summed E-state index contributed by atoms with van der Waals surface area (Å²) < 4.78 is 27.6. The van der Waals surface area contributed by atoms with Crippen molar-refractivity contribution in [1.29, 1.82) is 0 Å². The van der Waals surface area contributed by atoms with E-state index in [2.05, 4.69) is 4.90 Å². The van der Waals surface area contributed by atoms with E-state index in [1.54, 1.807) is 14.2 Å². The minimum atomic E-state index is 0.258. The average Bonchev–Trinajstić information content (AvgIpc) is 3.38. The first kappa shape index (κ1) is 24.6. The molecule has 3 aliphatic heterocycles. The van der Waals surface area contributed by atoms with E-state index >= 15 is 0 Å². The third kappa shape index (κ3) is 5.64. The van der Waals surface area contributed by atoms with Crippen LogP contribution >= 0.6 is 0 Å². The molecule has 1 atom stereocenters. The molecule has 8 nitrogen and oxygen atoms in total. The van der Waals surface area contributed by atoms with Gasteiger partial charge in [0.05, 0.1) is 20.8 Å². The minimum absolute atomic E-state index is 0.258. The lowest BCUT2D eigenvalue weighted by molar-refractivity contribution is -0.133. The van der Waals surface area contributed by atoms with Crippen LogP contribution in [-0.2, 0) is 17.8 Å². The summed E-state index contributed by atoms with van der Waals surface area (Å²) in [7, 11) is 3.30. The van der Waals surface area contributed by atoms with E-state index in [9.17, 15) is 4.79 Å². The monoisotopic (exact) mass is 496 g/mol. The Balaban J connectivity index is 1.06. The first-order valence-electron chi connectivity index (χ1n) is 12.9. The Kier molecular flexibility index (Phi) is 7.70. The number of piperidine rings is 1. The van der Waals surface area contributed by atoms with Gasteiger partial charge in [-0.15, -0.1) is 0 Å². The zero-order chi connectivity index (χ0) is 24.9. The number of ether oxygens (including phenoxy) is 5. The Morgan fingerprint density at radius 1 is 1.03 bits per heavy atom. The highest BCUT2D eigenvalue weighted by atomic mass is 16.7. The molecule has 3 aliphatic rings. The Morgan fingerprint density at radius 3 is 2.67 bits per heavy atom. The van der Waals surface area contributed by atoms with Gasteiger partial charge in [-0.3, -0.25) is 4.79 Å². The fourth-order valence-electron chi connectivity index (χ4n) is 5.44. The van der Waals surface area contributed by atoms with E-state index in [0.29, 0.717) is 25.5 Å². The van der Waals surface area contributed by atoms with E-state index < -0.39 is 0 Å². The number of amides is 1. The molecule has 1 amide bonds. The highest BCUT2D eigenvalue weighted by Gasteiger charge is 2.27. The van der Waals surface area contributed by atoms with Gasteiger partial charge in [-0.25, -0.2) is 0 Å². The largest absolute Gasteiger partial charge is 0.493 e. The van der Waals surface area contributed by atoms with Crippen molar-refractivity contribution in [2.75, 3.05) is 53.8 Å². The Hall–Kier alpha value is -3.13. The molecule has 8 heteroatoms. The molecule has 1 unspecified atom stereocenters. The quantitative estimate of drug-likeness (QED) is 0.488. The van der Waals surface area contributed by atoms with E-state index in [1.165, 1.54) is 5.56 Å². The van der Waals surface area contributed by atoms with Crippen LogP contribution in [0, 0.1) is 5.92 Å². The van der Waals surface area contributed by atoms with Crippen LogP contribution in [0.4, 0.5) is 0 Å². The summed E-state index contributed by atoms with van der Waals surface area (Å²) in [6, 6.07) is 9.75. The number of hydrogen-bond acceptors (Lipinski definition) is 7. The number of hydrogen-bond donors (Lipinski definition) is 0. The predicted octanol–water partition coefficient (Wildman–Crippen LogP) is 3.89. The summed E-state index contributed by atoms with van der Waals surface area (Å²) in [6.45, 7) is 5.37. The van der Waals surface area contributed by atoms with Gasteiger partial charge in [0.1, 0.15) is 5.75 Å². The van der Waals surface area contributed by atoms with Crippen molar-refractivity contribution in [3.63, 3.8) is 0 Å². The number of benzene rings is 2. The molecular weight excluding hydrogens is 460 g/mol. The Labute approximate surface area is 213 Å². The summed E-state index contributed by atoms with van der Waals surface area (Å²) in [4.78, 5) is 17.7. The highest BCUT2D eigenvalue weighted by molar-refractivity contribution is 5.77. The van der Waals surface area contributed by atoms with Crippen molar-refractivity contribution in [3.05, 3.63) is 41.5 Å². The molecule has 0 aromatic heterocycles. The fourth-order valence-corrected chi connectivity index (χ4v) is 5.44. The number of carbonyl (C=O) groups is 1. The molecule has 2 aromatic rings. The summed E-state index contributed by atoms with van der Waals surface area (Å²) in [6.07, 6.45) is 4.67. The van der Waals surface area contributed by atoms with E-state index in [-0.39, 0.29) is 12.7 Å². The van der Waals surface area contributed by atoms with Crippen LogP contribution in [0.2, 0.25) is 0 Å². The van der Waals surface area contributed by atoms with Gasteiger partial charge in [-0.05, 0) is 73.5 Å². The predicted molar refractivity (Wildman–Crippen MR) is 135 cm³/mol. The number of methoxy groups -OCH3 is 2. The molecule has 36 heavy (non-hydrogen) atoms. The molecule has 0 N–H and O–H groups in total. The topological polar surface area (TPSA) is 69.7 Å². The maximum Gasteiger partial charge on any atom is 0.231 e. The van der Waals surface area contributed by atoms with Crippen LogP contribution in [0.1, 0.15) is 36.8 Å². The maximum atomic E-state index is 13.2. The standard InChI is InChI=1S/C28H36N2O6/c1-32-25-14-21-8-11-30(18-22(21)15-26(25)33-2)28(31)13-20-5-3-9-29(17-20)10-4-12-34-23-6-7-24-27(16-23)36-19-35-24/h6-7,14-16,20H,3-5,8-13,17-19H2,1-2H3. The lowest BCUT2D eigenvalue weighted by Crippen LogP contribution is -2.41. The zero-order valence-corrected chi connectivity index (χ0v) is 21.3. The van der Waals surface area contributed by atoms with Gasteiger partial charge in [-0.2, -0.15) is 0 Å². The molecule has 3 heterocycles. The summed E-state index contributed by atoms with van der Waals surface area (Å²) in [5, 5.41) is 0. The number of rotatable bonds is 9. The van der Waals surface area contributed by atoms with Gasteiger partial charge in [0.15, 0.2) is 23.0 Å². The summed E-state index contributed by atoms with van der Waals surface area (Å²) in [5.74, 6) is 4.45. The third-order valence-corrected chi connectivity index (χ3v) is 7.37. The molecule has 0 aliphatic carbocycles. The van der Waals surface area contributed by atoms with E-state index in [0.717, 1.165) is 86.2 Å². The SMILES string of the molecule is COc1cc2c(cc1OC)CN(C(=O)CC1CCCN(CCCOc3ccc4c(c3)OCO4)C1)CC2. The molecule has 5 rings (SSSR count). The number of carbonyl (C=O) groups excluding carboxylic acids is 1. The number of likely N-dealkylation sites (tertiary alicyclic amines) is 1. The first-order valence-corrected chi connectivity index (χ1v) is 12.9. The van der Waals surface area contributed by atoms with Crippen molar-refractivity contribution >= 4 is 5.91 Å². The Morgan fingerprint density at radius 2 is 1.83 bits per heavy atom. The van der Waals surface area contributed by atoms with Crippen molar-refractivity contribution in [2.45, 2.75) is 38.6 Å². The molecule has 2 aromatic carbocycles. The fraction of sp³-hybridized carbons (Fsp3) is 0.536. The zero-order valence-electron chi connectivity index (χ0n) is 21.3. The summed E-state index contributed by atoms with van der Waals surface area (Å²) in [5.41, 5.74) is 2.39. The molecule has 0 saturated carbocycles. The van der Waals surface area contributed by atoms with Crippen molar-refractivity contribution in [1.82, 2.24) is 9.80 Å². The molecule has 1 saturated heterocycles. The normalized spacial score (nSPS) is 19.1. The van der Waals surface area contributed by atoms with Crippen LogP contribution in [-0.4, -0.2) is 69.5 Å². The number of nitrogens with zero attached hydrogens (tertiary/aromatic N) is 2. The van der Waals surface area contributed by atoms with Crippen molar-refractivity contribution in [3.8, 4) is 28.7 Å². The average molecular weight is 497 g/mol. The Bertz CT molecular complexity index is 1070. The van der Waals surface area contributed by atoms with Gasteiger partial charge >= 0.3 is 0 Å². The van der Waals surface area contributed by atoms with E-state index in [4.69, 9.17) is 23.7 Å². The van der Waals surface area contributed by atoms with Gasteiger partial charge in [0.2, 0.25) is 12.7 Å². The van der Waals surface area contributed by atoms with Gasteiger partial charge in [0.25, 0.3) is 0 Å². The molecule has 194 valence electrons. The van der Waals surface area contributed by atoms with Crippen molar-refractivity contribution in [2.24, 2.45) is 5.92 Å². The van der Waals surface area contributed by atoms with Crippen LogP contribution < -0.4 is 23.7 Å². The summed E-state index contributed by atoms with van der Waals surface area (Å²) >= 11 is 0. The van der Waals surface area contributed by atoms with Crippen LogP contribution in [0.3, 0.4) is 0 Å². The maximum absolute atomic E-state index is 13.2. The molecule has 0 bridgehead atoms. The smallest absolute Gasteiger partial charge is 0.231 e. The first-order chi connectivity index (χ1) is 17.6.